The molecule has 0 saturated carbocycles. The van der Waals surface area contributed by atoms with Gasteiger partial charge in [-0.2, -0.15) is 0 Å². The summed E-state index contributed by atoms with van der Waals surface area (Å²) in [5.74, 6) is -0.194. The van der Waals surface area contributed by atoms with E-state index in [-0.39, 0.29) is 5.75 Å². The number of carbonyl (C=O) groups excluding carboxylic acids is 1. The van der Waals surface area contributed by atoms with Crippen molar-refractivity contribution in [1.29, 1.82) is 0 Å². The quantitative estimate of drug-likeness (QED) is 0.406. The molecule has 0 aliphatic carbocycles. The maximum atomic E-state index is 10.6. The summed E-state index contributed by atoms with van der Waals surface area (Å²) in [5, 5.41) is 8.83. The molecule has 1 N–H and O–H groups in total. The van der Waals surface area contributed by atoms with Crippen molar-refractivity contribution in [2.24, 2.45) is 0 Å². The van der Waals surface area contributed by atoms with E-state index in [2.05, 4.69) is 12.6 Å². The van der Waals surface area contributed by atoms with Gasteiger partial charge in [-0.25, -0.2) is 4.79 Å². The Morgan fingerprint density at radius 1 is 1.67 bits per heavy atom. The lowest BCUT2D eigenvalue weighted by Gasteiger charge is -1.99. The van der Waals surface area contributed by atoms with Crippen LogP contribution < -0.4 is 4.74 Å². The van der Waals surface area contributed by atoms with E-state index in [1.165, 1.54) is 18.2 Å². The maximum Gasteiger partial charge on any atom is 0.335 e. The molecule has 0 atom stereocenters. The van der Waals surface area contributed by atoms with Crippen molar-refractivity contribution in [3.8, 4) is 11.5 Å². The number of phenolic OH excluding ortho intramolecular Hbond substituents is 1. The van der Waals surface area contributed by atoms with Crippen LogP contribution in [0.4, 0.5) is 0 Å². The van der Waals surface area contributed by atoms with E-state index in [0.717, 1.165) is 6.08 Å². The minimum atomic E-state index is -0.533. The first kappa shape index (κ1) is 8.33. The lowest BCUT2D eigenvalue weighted by Crippen LogP contribution is -2.02. The number of carbonyl (C=O) groups is 1. The van der Waals surface area contributed by atoms with E-state index >= 15 is 0 Å². The van der Waals surface area contributed by atoms with Gasteiger partial charge in [-0.1, -0.05) is 6.58 Å². The summed E-state index contributed by atoms with van der Waals surface area (Å²) in [6, 6.07) is 6.69. The first-order chi connectivity index (χ1) is 5.72. The van der Waals surface area contributed by atoms with Gasteiger partial charge in [-0.15, -0.1) is 0 Å². The van der Waals surface area contributed by atoms with Crippen LogP contribution in [0.1, 0.15) is 0 Å². The van der Waals surface area contributed by atoms with Crippen LogP contribution in [-0.4, -0.2) is 11.1 Å². The monoisotopic (exact) mass is 163 g/mol. The zero-order chi connectivity index (χ0) is 8.97. The normalized spacial score (nSPS) is 9.00. The first-order valence-corrected chi connectivity index (χ1v) is 3.27. The molecule has 3 heteroatoms. The lowest BCUT2D eigenvalue weighted by molar-refractivity contribution is -0.128. The highest BCUT2D eigenvalue weighted by molar-refractivity contribution is 5.83. The maximum absolute atomic E-state index is 10.6. The summed E-state index contributed by atoms with van der Waals surface area (Å²) in [7, 11) is 0. The van der Waals surface area contributed by atoms with Crippen molar-refractivity contribution in [2.75, 3.05) is 0 Å². The average molecular weight is 163 g/mol. The predicted molar refractivity (Wildman–Crippen MR) is 42.8 cm³/mol. The molecule has 0 spiro atoms. The van der Waals surface area contributed by atoms with Gasteiger partial charge in [0.25, 0.3) is 0 Å². The van der Waals surface area contributed by atoms with E-state index in [0.29, 0.717) is 5.75 Å². The molecule has 0 aliphatic heterocycles. The van der Waals surface area contributed by atoms with Crippen LogP contribution in [0, 0.1) is 6.07 Å². The van der Waals surface area contributed by atoms with E-state index in [9.17, 15) is 4.79 Å². The molecule has 0 aliphatic rings. The summed E-state index contributed by atoms with van der Waals surface area (Å²) in [6.45, 7) is 3.24. The molecule has 1 rings (SSSR count). The standard InChI is InChI=1S/C9H7O3/c1-2-9(11)12-8-5-3-7(10)4-6-8/h2-3,5-6,10H,1H2. The van der Waals surface area contributed by atoms with Gasteiger partial charge in [0.15, 0.2) is 0 Å². The Kier molecular flexibility index (Phi) is 2.48. The lowest BCUT2D eigenvalue weighted by atomic mass is 10.3. The van der Waals surface area contributed by atoms with Gasteiger partial charge in [-0.05, 0) is 18.2 Å². The number of rotatable bonds is 2. The summed E-state index contributed by atoms with van der Waals surface area (Å²) < 4.78 is 4.72. The predicted octanol–water partition coefficient (Wildman–Crippen LogP) is 1.28. The molecular formula is C9H7O3. The Bertz CT molecular complexity index is 287. The summed E-state index contributed by atoms with van der Waals surface area (Å²) >= 11 is 0. The van der Waals surface area contributed by atoms with Crippen LogP contribution in [0.2, 0.25) is 0 Å². The highest BCUT2D eigenvalue weighted by Gasteiger charge is 1.98. The third-order valence-corrected chi connectivity index (χ3v) is 1.15. The molecule has 1 aromatic carbocycles. The van der Waals surface area contributed by atoms with Crippen molar-refractivity contribution >= 4 is 5.97 Å². The molecule has 0 bridgehead atoms. The van der Waals surface area contributed by atoms with Crippen LogP contribution in [0.5, 0.6) is 11.5 Å². The molecule has 0 amide bonds. The van der Waals surface area contributed by atoms with Crippen LogP contribution in [0.15, 0.2) is 30.9 Å². The van der Waals surface area contributed by atoms with E-state index in [1.807, 2.05) is 0 Å². The molecule has 1 radical (unpaired) electrons. The molecule has 0 heterocycles. The van der Waals surface area contributed by atoms with Crippen molar-refractivity contribution in [3.05, 3.63) is 36.9 Å². The molecule has 12 heavy (non-hydrogen) atoms. The smallest absolute Gasteiger partial charge is 0.335 e. The van der Waals surface area contributed by atoms with E-state index in [4.69, 9.17) is 9.84 Å². The first-order valence-electron chi connectivity index (χ1n) is 3.27. The Morgan fingerprint density at radius 2 is 2.42 bits per heavy atom. The third kappa shape index (κ3) is 2.12. The third-order valence-electron chi connectivity index (χ3n) is 1.15. The van der Waals surface area contributed by atoms with Crippen molar-refractivity contribution in [2.45, 2.75) is 0 Å². The van der Waals surface area contributed by atoms with Gasteiger partial charge < -0.3 is 9.84 Å². The van der Waals surface area contributed by atoms with Gasteiger partial charge in [0.2, 0.25) is 0 Å². The molecule has 3 nitrogen and oxygen atoms in total. The van der Waals surface area contributed by atoms with Crippen LogP contribution in [0.25, 0.3) is 0 Å². The molecule has 0 fully saturated rings. The van der Waals surface area contributed by atoms with Crippen LogP contribution >= 0.6 is 0 Å². The van der Waals surface area contributed by atoms with Crippen LogP contribution in [-0.2, 0) is 4.79 Å². The number of hydrogen-bond acceptors (Lipinski definition) is 3. The molecular weight excluding hydrogens is 156 g/mol. The fraction of sp³-hybridized carbons (Fsp3) is 0. The fourth-order valence-corrected chi connectivity index (χ4v) is 0.624. The number of aromatic hydroxyl groups is 1. The Balaban J connectivity index is 2.71. The largest absolute Gasteiger partial charge is 0.507 e. The van der Waals surface area contributed by atoms with Gasteiger partial charge in [0.1, 0.15) is 11.5 Å². The second-order valence-corrected chi connectivity index (χ2v) is 2.03. The second-order valence-electron chi connectivity index (χ2n) is 2.03. The minimum Gasteiger partial charge on any atom is -0.507 e. The van der Waals surface area contributed by atoms with Gasteiger partial charge in [-0.3, -0.25) is 0 Å². The van der Waals surface area contributed by atoms with E-state index < -0.39 is 5.97 Å². The fourth-order valence-electron chi connectivity index (χ4n) is 0.624. The molecule has 0 saturated heterocycles. The second kappa shape index (κ2) is 3.57. The number of benzene rings is 1. The van der Waals surface area contributed by atoms with Crippen molar-refractivity contribution < 1.29 is 14.6 Å². The van der Waals surface area contributed by atoms with Crippen LogP contribution in [0.3, 0.4) is 0 Å². The number of hydrogen-bond donors (Lipinski definition) is 1. The average Bonchev–Trinajstić information content (AvgIpc) is 2.09. The highest BCUT2D eigenvalue weighted by Crippen LogP contribution is 2.15. The van der Waals surface area contributed by atoms with Gasteiger partial charge in [0, 0.05) is 12.1 Å². The van der Waals surface area contributed by atoms with Gasteiger partial charge in [0.05, 0.1) is 0 Å². The molecule has 0 aromatic heterocycles. The van der Waals surface area contributed by atoms with Gasteiger partial charge >= 0.3 is 5.97 Å². The number of esters is 1. The zero-order valence-corrected chi connectivity index (χ0v) is 6.28. The Hall–Kier alpha value is -1.77. The number of phenols is 1. The Morgan fingerprint density at radius 3 is 2.92 bits per heavy atom. The Labute approximate surface area is 69.9 Å². The molecule has 1 aromatic rings. The number of ether oxygens (including phenoxy) is 1. The SMILES string of the molecule is C=CC(=O)Oc1c[c]c(O)cc1. The summed E-state index contributed by atoms with van der Waals surface area (Å²) in [5.41, 5.74) is 0. The topological polar surface area (TPSA) is 46.5 Å². The minimum absolute atomic E-state index is 0.00778. The summed E-state index contributed by atoms with van der Waals surface area (Å²) in [6.07, 6.45) is 1.06. The van der Waals surface area contributed by atoms with Crippen molar-refractivity contribution in [3.63, 3.8) is 0 Å². The molecule has 61 valence electrons. The van der Waals surface area contributed by atoms with Crippen molar-refractivity contribution in [1.82, 2.24) is 0 Å². The molecule has 0 unspecified atom stereocenters. The zero-order valence-electron chi connectivity index (χ0n) is 6.28. The highest BCUT2D eigenvalue weighted by atomic mass is 16.5. The van der Waals surface area contributed by atoms with E-state index in [1.54, 1.807) is 0 Å². The summed E-state index contributed by atoms with van der Waals surface area (Å²) in [4.78, 5) is 10.6.